The molecule has 0 aliphatic rings. The number of amides is 1. The molecule has 3 N–H and O–H groups in total. The molecule has 1 aromatic rings. The lowest BCUT2D eigenvalue weighted by molar-refractivity contribution is -0.135. The number of nitrogens with one attached hydrogen (secondary N) is 1. The summed E-state index contributed by atoms with van der Waals surface area (Å²) in [6, 6.07) is 3.21. The number of pyridine rings is 1. The molecule has 4 nitrogen and oxygen atoms in total. The lowest BCUT2D eigenvalue weighted by Gasteiger charge is -2.08. The summed E-state index contributed by atoms with van der Waals surface area (Å²) < 4.78 is 35.9. The van der Waals surface area contributed by atoms with Gasteiger partial charge in [0.05, 0.1) is 12.1 Å². The number of halogens is 3. The van der Waals surface area contributed by atoms with Gasteiger partial charge in [-0.05, 0) is 18.6 Å². The van der Waals surface area contributed by atoms with Crippen molar-refractivity contribution in [1.82, 2.24) is 10.3 Å². The molecule has 1 rings (SSSR count). The summed E-state index contributed by atoms with van der Waals surface area (Å²) >= 11 is 0. The lowest BCUT2D eigenvalue weighted by Crippen LogP contribution is -2.27. The van der Waals surface area contributed by atoms with E-state index in [2.05, 4.69) is 22.1 Å². The molecule has 108 valence electrons. The molecule has 0 aliphatic heterocycles. The highest BCUT2D eigenvalue weighted by molar-refractivity contribution is 5.94. The molecule has 0 unspecified atom stereocenters. The quantitative estimate of drug-likeness (QED) is 0.650. The number of aromatic nitrogens is 1. The first kappa shape index (κ1) is 16.0. The van der Waals surface area contributed by atoms with Crippen molar-refractivity contribution in [3.63, 3.8) is 0 Å². The van der Waals surface area contributed by atoms with Crippen LogP contribution in [0.1, 0.15) is 28.9 Å². The van der Waals surface area contributed by atoms with E-state index in [9.17, 15) is 18.0 Å². The van der Waals surface area contributed by atoms with Gasteiger partial charge in [0.2, 0.25) is 0 Å². The Balaban J connectivity index is 2.60. The van der Waals surface area contributed by atoms with Crippen LogP contribution < -0.4 is 11.1 Å². The molecule has 1 heterocycles. The van der Waals surface area contributed by atoms with Gasteiger partial charge in [0, 0.05) is 19.2 Å². The Morgan fingerprint density at radius 2 is 2.20 bits per heavy atom. The van der Waals surface area contributed by atoms with Crippen molar-refractivity contribution in [3.8, 4) is 11.8 Å². The van der Waals surface area contributed by atoms with Gasteiger partial charge in [-0.3, -0.25) is 4.79 Å². The predicted molar refractivity (Wildman–Crippen MR) is 67.8 cm³/mol. The number of carbonyl (C=O) groups excluding carboxylic acids is 1. The van der Waals surface area contributed by atoms with Crippen molar-refractivity contribution in [3.05, 3.63) is 29.6 Å². The molecule has 0 atom stereocenters. The number of carbonyl (C=O) groups is 1. The van der Waals surface area contributed by atoms with Gasteiger partial charge in [-0.2, -0.15) is 13.2 Å². The minimum atomic E-state index is -4.21. The Hall–Kier alpha value is -2.07. The van der Waals surface area contributed by atoms with Gasteiger partial charge in [-0.15, -0.1) is 0 Å². The summed E-state index contributed by atoms with van der Waals surface area (Å²) in [5.41, 5.74) is 5.72. The second-order valence-corrected chi connectivity index (χ2v) is 3.88. The van der Waals surface area contributed by atoms with E-state index in [0.717, 1.165) is 0 Å². The molecule has 7 heteroatoms. The van der Waals surface area contributed by atoms with Gasteiger partial charge < -0.3 is 11.1 Å². The molecule has 0 aromatic carbocycles. The third-order valence-corrected chi connectivity index (χ3v) is 2.27. The number of hydrogen-bond donors (Lipinski definition) is 2. The fraction of sp³-hybridized carbons (Fsp3) is 0.385. The molecule has 1 aromatic heterocycles. The lowest BCUT2D eigenvalue weighted by atomic mass is 10.2. The molecule has 0 bridgehead atoms. The van der Waals surface area contributed by atoms with Gasteiger partial charge in [0.25, 0.3) is 5.91 Å². The van der Waals surface area contributed by atoms with Gasteiger partial charge in [0.1, 0.15) is 5.69 Å². The Morgan fingerprint density at radius 1 is 1.45 bits per heavy atom. The van der Waals surface area contributed by atoms with E-state index in [0.29, 0.717) is 5.56 Å². The van der Waals surface area contributed by atoms with E-state index in [-0.39, 0.29) is 25.2 Å². The second-order valence-electron chi connectivity index (χ2n) is 3.88. The third kappa shape index (κ3) is 5.71. The number of nitrogens with two attached hydrogens (primary N) is 1. The largest absolute Gasteiger partial charge is 0.389 e. The number of hydrogen-bond acceptors (Lipinski definition) is 3. The number of rotatable bonds is 4. The second kappa shape index (κ2) is 7.50. The van der Waals surface area contributed by atoms with Crippen LogP contribution in [0.25, 0.3) is 0 Å². The minimum absolute atomic E-state index is 0.0708. The molecule has 0 saturated carbocycles. The summed E-state index contributed by atoms with van der Waals surface area (Å²) in [6.07, 6.45) is -3.91. The summed E-state index contributed by atoms with van der Waals surface area (Å²) in [7, 11) is 0. The van der Waals surface area contributed by atoms with Crippen LogP contribution >= 0.6 is 0 Å². The zero-order valence-corrected chi connectivity index (χ0v) is 10.6. The van der Waals surface area contributed by atoms with Crippen molar-refractivity contribution in [2.75, 3.05) is 13.1 Å². The zero-order valence-electron chi connectivity index (χ0n) is 10.6. The Kier molecular flexibility index (Phi) is 6.00. The van der Waals surface area contributed by atoms with Crippen LogP contribution in [0.5, 0.6) is 0 Å². The summed E-state index contributed by atoms with van der Waals surface area (Å²) in [4.78, 5) is 15.7. The van der Waals surface area contributed by atoms with E-state index in [4.69, 9.17) is 5.73 Å². The summed E-state index contributed by atoms with van der Waals surface area (Å²) in [5, 5.41) is 2.39. The maximum atomic E-state index is 12.0. The van der Waals surface area contributed by atoms with Crippen molar-refractivity contribution in [2.24, 2.45) is 5.73 Å². The van der Waals surface area contributed by atoms with Crippen molar-refractivity contribution in [1.29, 1.82) is 0 Å². The van der Waals surface area contributed by atoms with Crippen LogP contribution in [-0.2, 0) is 0 Å². The number of nitrogens with zero attached hydrogens (tertiary/aromatic N) is 1. The van der Waals surface area contributed by atoms with Crippen LogP contribution in [0.4, 0.5) is 13.2 Å². The Morgan fingerprint density at radius 3 is 2.85 bits per heavy atom. The van der Waals surface area contributed by atoms with Crippen LogP contribution in [0, 0.1) is 11.8 Å². The van der Waals surface area contributed by atoms with E-state index in [1.54, 1.807) is 12.1 Å². The van der Waals surface area contributed by atoms with Crippen LogP contribution in [-0.4, -0.2) is 30.2 Å². The normalized spacial score (nSPS) is 10.6. The number of alkyl halides is 3. The topological polar surface area (TPSA) is 68.0 Å². The first-order valence-electron chi connectivity index (χ1n) is 5.93. The van der Waals surface area contributed by atoms with E-state index in [1.165, 1.54) is 6.20 Å². The summed E-state index contributed by atoms with van der Waals surface area (Å²) in [6.45, 7) is 0.0697. The van der Waals surface area contributed by atoms with Gasteiger partial charge in [-0.1, -0.05) is 11.8 Å². The van der Waals surface area contributed by atoms with E-state index in [1.807, 2.05) is 0 Å². The molecule has 0 radical (unpaired) electrons. The zero-order chi connectivity index (χ0) is 15.0. The van der Waals surface area contributed by atoms with Gasteiger partial charge in [-0.25, -0.2) is 4.98 Å². The Bertz CT molecular complexity index is 518. The summed E-state index contributed by atoms with van der Waals surface area (Å²) in [5.74, 6) is 4.74. The van der Waals surface area contributed by atoms with E-state index < -0.39 is 18.5 Å². The Labute approximate surface area is 114 Å². The maximum absolute atomic E-state index is 12.0. The molecule has 0 fully saturated rings. The SMILES string of the molecule is NCC#Cc1cccnc1C(=O)NCCCC(F)(F)F. The van der Waals surface area contributed by atoms with E-state index >= 15 is 0 Å². The third-order valence-electron chi connectivity index (χ3n) is 2.27. The predicted octanol–water partition coefficient (Wildman–Crippen LogP) is 1.46. The van der Waals surface area contributed by atoms with Crippen LogP contribution in [0.2, 0.25) is 0 Å². The fourth-order valence-electron chi connectivity index (χ4n) is 1.41. The minimum Gasteiger partial charge on any atom is -0.351 e. The highest BCUT2D eigenvalue weighted by Crippen LogP contribution is 2.20. The molecule has 0 aliphatic carbocycles. The molecule has 20 heavy (non-hydrogen) atoms. The molecular formula is C13H14F3N3O. The van der Waals surface area contributed by atoms with Gasteiger partial charge in [0.15, 0.2) is 0 Å². The molecule has 0 saturated heterocycles. The monoisotopic (exact) mass is 285 g/mol. The average molecular weight is 285 g/mol. The smallest absolute Gasteiger partial charge is 0.351 e. The highest BCUT2D eigenvalue weighted by Gasteiger charge is 2.26. The molecule has 1 amide bonds. The standard InChI is InChI=1S/C13H14F3N3O/c14-13(15,16)6-3-9-19-12(20)11-10(4-1-7-17)5-2-8-18-11/h2,5,8H,3,6-7,9,17H2,(H,19,20). The van der Waals surface area contributed by atoms with Crippen LogP contribution in [0.3, 0.4) is 0 Å². The van der Waals surface area contributed by atoms with Crippen molar-refractivity contribution in [2.45, 2.75) is 19.0 Å². The first-order chi connectivity index (χ1) is 9.44. The molecular weight excluding hydrogens is 271 g/mol. The average Bonchev–Trinajstić information content (AvgIpc) is 2.40. The van der Waals surface area contributed by atoms with Crippen LogP contribution in [0.15, 0.2) is 18.3 Å². The fourth-order valence-corrected chi connectivity index (χ4v) is 1.41. The van der Waals surface area contributed by atoms with Crippen molar-refractivity contribution >= 4 is 5.91 Å². The maximum Gasteiger partial charge on any atom is 0.389 e. The highest BCUT2D eigenvalue weighted by atomic mass is 19.4. The molecule has 0 spiro atoms. The van der Waals surface area contributed by atoms with Gasteiger partial charge >= 0.3 is 6.18 Å². The first-order valence-corrected chi connectivity index (χ1v) is 5.93. The van der Waals surface area contributed by atoms with Crippen molar-refractivity contribution < 1.29 is 18.0 Å².